The minimum Gasteiger partial charge on any atom is -0.497 e. The van der Waals surface area contributed by atoms with Gasteiger partial charge < -0.3 is 19.5 Å². The lowest BCUT2D eigenvalue weighted by atomic mass is 9.86. The number of hydrogen-bond acceptors (Lipinski definition) is 6. The Morgan fingerprint density at radius 1 is 1.12 bits per heavy atom. The maximum absolute atomic E-state index is 13.7. The molecule has 0 spiro atoms. The average Bonchev–Trinajstić information content (AvgIpc) is 3.28. The predicted octanol–water partition coefficient (Wildman–Crippen LogP) is 6.03. The lowest BCUT2D eigenvalue weighted by Crippen LogP contribution is -2.34. The fourth-order valence-electron chi connectivity index (χ4n) is 5.15. The quantitative estimate of drug-likeness (QED) is 0.369. The van der Waals surface area contributed by atoms with Gasteiger partial charge in [0.1, 0.15) is 11.3 Å². The Labute approximate surface area is 192 Å². The average molecular weight is 440 g/mol. The Kier molecular flexibility index (Phi) is 4.61. The molecule has 6 rings (SSSR count). The third-order valence-corrected chi connectivity index (χ3v) is 6.72. The summed E-state index contributed by atoms with van der Waals surface area (Å²) in [4.78, 5) is 16.1. The van der Waals surface area contributed by atoms with Crippen molar-refractivity contribution in [1.82, 2.24) is 5.16 Å². The molecule has 4 aromatic rings. The van der Waals surface area contributed by atoms with E-state index in [0.717, 1.165) is 58.8 Å². The topological polar surface area (TPSA) is 67.6 Å². The molecule has 1 fully saturated rings. The van der Waals surface area contributed by atoms with Gasteiger partial charge in [0.15, 0.2) is 11.5 Å². The Morgan fingerprint density at radius 3 is 2.79 bits per heavy atom. The van der Waals surface area contributed by atoms with Crippen LogP contribution in [0.5, 0.6) is 5.75 Å². The molecule has 166 valence electrons. The van der Waals surface area contributed by atoms with Gasteiger partial charge in [0, 0.05) is 36.0 Å². The number of carbonyl (C=O) groups excluding carboxylic acids is 1. The summed E-state index contributed by atoms with van der Waals surface area (Å²) in [5.41, 5.74) is 5.42. The maximum atomic E-state index is 13.7. The van der Waals surface area contributed by atoms with Crippen molar-refractivity contribution in [2.45, 2.75) is 19.8 Å². The number of hydrogen-bond donors (Lipinski definition) is 1. The van der Waals surface area contributed by atoms with E-state index in [9.17, 15) is 4.79 Å². The zero-order chi connectivity index (χ0) is 22.5. The van der Waals surface area contributed by atoms with Crippen molar-refractivity contribution >= 4 is 33.7 Å². The standard InChI is InChI=1S/C27H25N3O3/c1-16-7-6-12-30(15-16)22-14-21(28-17-8-5-9-18(13-17)32-2)23-24-25(22)29-33-27(24)20-11-4-3-10-19(20)26(23)31/h3-5,8-11,13-14,16,28H,6-7,12,15H2,1-2H3/t16-/m0/s1. The number of rotatable bonds is 4. The van der Waals surface area contributed by atoms with Gasteiger partial charge in [0.2, 0.25) is 0 Å². The summed E-state index contributed by atoms with van der Waals surface area (Å²) in [6.45, 7) is 4.20. The molecule has 0 radical (unpaired) electrons. The molecular weight excluding hydrogens is 414 g/mol. The first-order chi connectivity index (χ1) is 16.1. The summed E-state index contributed by atoms with van der Waals surface area (Å²) in [6.07, 6.45) is 2.36. The third kappa shape index (κ3) is 3.17. The maximum Gasteiger partial charge on any atom is 0.196 e. The molecule has 0 saturated carbocycles. The van der Waals surface area contributed by atoms with E-state index < -0.39 is 0 Å². The highest BCUT2D eigenvalue weighted by Crippen LogP contribution is 2.46. The molecule has 1 N–H and O–H groups in total. The largest absolute Gasteiger partial charge is 0.497 e. The monoisotopic (exact) mass is 439 g/mol. The third-order valence-electron chi connectivity index (χ3n) is 6.72. The van der Waals surface area contributed by atoms with Crippen LogP contribution in [-0.4, -0.2) is 31.1 Å². The normalized spacial score (nSPS) is 17.2. The highest BCUT2D eigenvalue weighted by molar-refractivity contribution is 6.28. The van der Waals surface area contributed by atoms with Crippen LogP contribution in [0.1, 0.15) is 35.7 Å². The number of piperidine rings is 1. The van der Waals surface area contributed by atoms with Gasteiger partial charge in [-0.3, -0.25) is 4.79 Å². The van der Waals surface area contributed by atoms with Gasteiger partial charge in [-0.2, -0.15) is 0 Å². The summed E-state index contributed by atoms with van der Waals surface area (Å²) in [6, 6.07) is 17.4. The van der Waals surface area contributed by atoms with E-state index in [-0.39, 0.29) is 5.78 Å². The fraction of sp³-hybridized carbons (Fsp3) is 0.259. The van der Waals surface area contributed by atoms with E-state index in [4.69, 9.17) is 9.26 Å². The molecule has 6 heteroatoms. The van der Waals surface area contributed by atoms with E-state index in [1.807, 2.05) is 48.5 Å². The summed E-state index contributed by atoms with van der Waals surface area (Å²) >= 11 is 0. The van der Waals surface area contributed by atoms with E-state index in [1.165, 1.54) is 6.42 Å². The number of anilines is 3. The van der Waals surface area contributed by atoms with Crippen molar-refractivity contribution in [3.8, 4) is 17.1 Å². The van der Waals surface area contributed by atoms with Crippen LogP contribution in [0.2, 0.25) is 0 Å². The molecule has 33 heavy (non-hydrogen) atoms. The molecule has 0 bridgehead atoms. The van der Waals surface area contributed by atoms with E-state index >= 15 is 0 Å². The van der Waals surface area contributed by atoms with Crippen molar-refractivity contribution in [3.63, 3.8) is 0 Å². The highest BCUT2D eigenvalue weighted by atomic mass is 16.5. The SMILES string of the molecule is COc1cccc(Nc2cc(N3CCC[C@H](C)C3)c3noc4c3c2C(=O)c2ccccc2-4)c1. The zero-order valence-corrected chi connectivity index (χ0v) is 18.7. The first-order valence-corrected chi connectivity index (χ1v) is 11.4. The molecule has 1 aliphatic heterocycles. The van der Waals surface area contributed by atoms with Crippen LogP contribution >= 0.6 is 0 Å². The second-order valence-corrected chi connectivity index (χ2v) is 8.98. The highest BCUT2D eigenvalue weighted by Gasteiger charge is 2.34. The molecule has 1 atom stereocenters. The Morgan fingerprint density at radius 2 is 1.97 bits per heavy atom. The van der Waals surface area contributed by atoms with Crippen LogP contribution in [0.4, 0.5) is 17.1 Å². The van der Waals surface area contributed by atoms with Crippen LogP contribution in [0.3, 0.4) is 0 Å². The van der Waals surface area contributed by atoms with Gasteiger partial charge in [-0.05, 0) is 37.0 Å². The molecular formula is C27H25N3O3. The number of benzene rings is 3. The molecule has 2 heterocycles. The number of fused-ring (bicyclic) bond motifs is 2. The van der Waals surface area contributed by atoms with Crippen LogP contribution in [0, 0.1) is 5.92 Å². The number of carbonyl (C=O) groups is 1. The minimum absolute atomic E-state index is 0.0183. The number of ether oxygens (including phenoxy) is 1. The van der Waals surface area contributed by atoms with Crippen molar-refractivity contribution in [2.75, 3.05) is 30.4 Å². The van der Waals surface area contributed by atoms with E-state index in [1.54, 1.807) is 7.11 Å². The van der Waals surface area contributed by atoms with Gasteiger partial charge in [-0.15, -0.1) is 0 Å². The molecule has 1 aromatic heterocycles. The number of nitrogens with one attached hydrogen (secondary N) is 1. The van der Waals surface area contributed by atoms with Crippen molar-refractivity contribution < 1.29 is 14.1 Å². The summed E-state index contributed by atoms with van der Waals surface area (Å²) in [7, 11) is 1.65. The summed E-state index contributed by atoms with van der Waals surface area (Å²) < 4.78 is 11.3. The molecule has 0 unspecified atom stereocenters. The number of aromatic nitrogens is 1. The zero-order valence-electron chi connectivity index (χ0n) is 18.7. The first-order valence-electron chi connectivity index (χ1n) is 11.4. The van der Waals surface area contributed by atoms with Crippen molar-refractivity contribution in [3.05, 3.63) is 65.7 Å². The number of nitrogens with zero attached hydrogens (tertiary/aromatic N) is 2. The molecule has 1 saturated heterocycles. The van der Waals surface area contributed by atoms with E-state index in [0.29, 0.717) is 22.8 Å². The van der Waals surface area contributed by atoms with Crippen LogP contribution < -0.4 is 15.0 Å². The van der Waals surface area contributed by atoms with Crippen LogP contribution in [0.15, 0.2) is 59.1 Å². The van der Waals surface area contributed by atoms with Crippen LogP contribution in [-0.2, 0) is 0 Å². The summed E-state index contributed by atoms with van der Waals surface area (Å²) in [5.74, 6) is 2.00. The molecule has 1 aliphatic carbocycles. The smallest absolute Gasteiger partial charge is 0.196 e. The summed E-state index contributed by atoms with van der Waals surface area (Å²) in [5, 5.41) is 8.77. The Hall–Kier alpha value is -3.80. The van der Waals surface area contributed by atoms with Gasteiger partial charge in [0.25, 0.3) is 0 Å². The van der Waals surface area contributed by atoms with Gasteiger partial charge in [0.05, 0.1) is 29.4 Å². The molecule has 6 nitrogen and oxygen atoms in total. The van der Waals surface area contributed by atoms with Gasteiger partial charge in [-0.25, -0.2) is 0 Å². The Bertz CT molecular complexity index is 1390. The fourth-order valence-corrected chi connectivity index (χ4v) is 5.15. The molecule has 3 aromatic carbocycles. The second-order valence-electron chi connectivity index (χ2n) is 8.98. The molecule has 0 amide bonds. The van der Waals surface area contributed by atoms with E-state index in [2.05, 4.69) is 28.4 Å². The minimum atomic E-state index is -0.0183. The lowest BCUT2D eigenvalue weighted by Gasteiger charge is -2.33. The second kappa shape index (κ2) is 7.66. The van der Waals surface area contributed by atoms with Crippen LogP contribution in [0.25, 0.3) is 22.2 Å². The predicted molar refractivity (Wildman–Crippen MR) is 130 cm³/mol. The Balaban J connectivity index is 1.59. The number of methoxy groups -OCH3 is 1. The van der Waals surface area contributed by atoms with Crippen molar-refractivity contribution in [1.29, 1.82) is 0 Å². The van der Waals surface area contributed by atoms with Gasteiger partial charge >= 0.3 is 0 Å². The lowest BCUT2D eigenvalue weighted by molar-refractivity contribution is 0.104. The first kappa shape index (κ1) is 19.9. The van der Waals surface area contributed by atoms with Crippen molar-refractivity contribution in [2.24, 2.45) is 5.92 Å². The van der Waals surface area contributed by atoms with Gasteiger partial charge in [-0.1, -0.05) is 42.4 Å². The number of ketones is 1. The molecule has 2 aliphatic rings.